The van der Waals surface area contributed by atoms with Crippen molar-refractivity contribution >= 4 is 39.1 Å². The molecule has 3 aromatic rings. The van der Waals surface area contributed by atoms with Crippen molar-refractivity contribution in [3.05, 3.63) is 51.2 Å². The van der Waals surface area contributed by atoms with E-state index in [4.69, 9.17) is 11.6 Å². The van der Waals surface area contributed by atoms with E-state index >= 15 is 0 Å². The molecule has 0 aliphatic rings. The second-order valence-corrected chi connectivity index (χ2v) is 8.43. The second-order valence-electron chi connectivity index (χ2n) is 7.13. The van der Waals surface area contributed by atoms with Crippen molar-refractivity contribution in [2.75, 3.05) is 0 Å². The maximum Gasteiger partial charge on any atom is 0.433 e. The molecule has 5 nitrogen and oxygen atoms in total. The summed E-state index contributed by atoms with van der Waals surface area (Å²) >= 11 is 9.48. The van der Waals surface area contributed by atoms with Crippen molar-refractivity contribution in [2.45, 2.75) is 32.5 Å². The Hall–Kier alpha value is -2.13. The monoisotopic (exact) mass is 474 g/mol. The molecule has 1 aromatic carbocycles. The molecule has 0 fully saturated rings. The number of nitrogens with one attached hydrogen (secondary N) is 1. The van der Waals surface area contributed by atoms with Gasteiger partial charge in [0.15, 0.2) is 17.0 Å². The van der Waals surface area contributed by atoms with Crippen molar-refractivity contribution in [3.63, 3.8) is 0 Å². The summed E-state index contributed by atoms with van der Waals surface area (Å²) in [6.45, 7) is 5.21. The summed E-state index contributed by atoms with van der Waals surface area (Å²) in [5, 5.41) is 6.18. The van der Waals surface area contributed by atoms with Crippen LogP contribution in [-0.2, 0) is 6.18 Å². The Kier molecular flexibility index (Phi) is 5.18. The van der Waals surface area contributed by atoms with Crippen LogP contribution in [0.1, 0.15) is 37.0 Å². The number of alkyl halides is 3. The molecule has 0 aliphatic heterocycles. The van der Waals surface area contributed by atoms with Crippen molar-refractivity contribution < 1.29 is 18.0 Å². The number of carbonyl (C=O) groups is 1. The van der Waals surface area contributed by atoms with Crippen LogP contribution >= 0.6 is 27.5 Å². The highest BCUT2D eigenvalue weighted by Crippen LogP contribution is 2.34. The summed E-state index contributed by atoms with van der Waals surface area (Å²) in [6.07, 6.45) is -4.72. The number of rotatable bonds is 2. The van der Waals surface area contributed by atoms with Crippen LogP contribution in [0.3, 0.4) is 0 Å². The number of halogens is 5. The van der Waals surface area contributed by atoms with Gasteiger partial charge in [0.25, 0.3) is 5.91 Å². The van der Waals surface area contributed by atoms with Gasteiger partial charge in [0.05, 0.1) is 5.69 Å². The first-order valence-corrected chi connectivity index (χ1v) is 9.29. The van der Waals surface area contributed by atoms with E-state index in [2.05, 4.69) is 31.3 Å². The lowest BCUT2D eigenvalue weighted by molar-refractivity contribution is -0.142. The van der Waals surface area contributed by atoms with Gasteiger partial charge < -0.3 is 5.32 Å². The predicted octanol–water partition coefficient (Wildman–Crippen LogP) is 5.36. The van der Waals surface area contributed by atoms with Crippen molar-refractivity contribution in [1.29, 1.82) is 0 Å². The number of aromatic nitrogens is 3. The van der Waals surface area contributed by atoms with Gasteiger partial charge in [-0.15, -0.1) is 0 Å². The van der Waals surface area contributed by atoms with Crippen LogP contribution in [0.5, 0.6) is 0 Å². The SMILES string of the molecule is CC(C)(C)NC(=O)c1nn2c(C(F)(F)F)cc(-c3ccc(Br)cc3)nc2c1Cl. The van der Waals surface area contributed by atoms with Gasteiger partial charge in [-0.25, -0.2) is 9.50 Å². The van der Waals surface area contributed by atoms with Crippen molar-refractivity contribution in [2.24, 2.45) is 0 Å². The molecule has 2 heterocycles. The summed E-state index contributed by atoms with van der Waals surface area (Å²) in [7, 11) is 0. The van der Waals surface area contributed by atoms with Gasteiger partial charge in [-0.2, -0.15) is 18.3 Å². The van der Waals surface area contributed by atoms with Crippen LogP contribution in [0.4, 0.5) is 13.2 Å². The lowest BCUT2D eigenvalue weighted by Crippen LogP contribution is -2.40. The molecule has 0 aliphatic carbocycles. The molecule has 28 heavy (non-hydrogen) atoms. The average molecular weight is 476 g/mol. The molecule has 3 rings (SSSR count). The van der Waals surface area contributed by atoms with E-state index < -0.39 is 23.3 Å². The Morgan fingerprint density at radius 2 is 1.79 bits per heavy atom. The Morgan fingerprint density at radius 1 is 1.18 bits per heavy atom. The van der Waals surface area contributed by atoms with Gasteiger partial charge >= 0.3 is 6.18 Å². The van der Waals surface area contributed by atoms with E-state index in [-0.39, 0.29) is 22.1 Å². The molecule has 0 spiro atoms. The molecule has 0 unspecified atom stereocenters. The van der Waals surface area contributed by atoms with Crippen LogP contribution in [0.2, 0.25) is 5.02 Å². The lowest BCUT2D eigenvalue weighted by atomic mass is 10.1. The number of benzene rings is 1. The summed E-state index contributed by atoms with van der Waals surface area (Å²) < 4.78 is 42.3. The molecule has 10 heteroatoms. The molecule has 0 saturated carbocycles. The van der Waals surface area contributed by atoms with Crippen LogP contribution < -0.4 is 5.32 Å². The van der Waals surface area contributed by atoms with E-state index in [9.17, 15) is 18.0 Å². The van der Waals surface area contributed by atoms with Gasteiger partial charge in [0, 0.05) is 15.6 Å². The number of nitrogens with zero attached hydrogens (tertiary/aromatic N) is 3. The Bertz CT molecular complexity index is 1060. The quantitative estimate of drug-likeness (QED) is 0.543. The Labute approximate surface area is 172 Å². The van der Waals surface area contributed by atoms with E-state index in [1.807, 2.05) is 0 Å². The fourth-order valence-electron chi connectivity index (χ4n) is 2.51. The molecule has 0 saturated heterocycles. The maximum absolute atomic E-state index is 13.7. The predicted molar refractivity (Wildman–Crippen MR) is 103 cm³/mol. The lowest BCUT2D eigenvalue weighted by Gasteiger charge is -2.19. The minimum Gasteiger partial charge on any atom is -0.346 e. The van der Waals surface area contributed by atoms with E-state index in [1.54, 1.807) is 45.0 Å². The third-order valence-corrected chi connectivity index (χ3v) is 4.54. The number of carbonyl (C=O) groups excluding carboxylic acids is 1. The highest BCUT2D eigenvalue weighted by atomic mass is 79.9. The molecule has 148 valence electrons. The zero-order valence-corrected chi connectivity index (χ0v) is 17.4. The Morgan fingerprint density at radius 3 is 2.32 bits per heavy atom. The fourth-order valence-corrected chi connectivity index (χ4v) is 3.02. The molecule has 2 aromatic heterocycles. The fraction of sp³-hybridized carbons (Fsp3) is 0.278. The van der Waals surface area contributed by atoms with Crippen molar-refractivity contribution in [3.8, 4) is 11.3 Å². The average Bonchev–Trinajstić information content (AvgIpc) is 2.89. The van der Waals surface area contributed by atoms with Gasteiger partial charge in [-0.05, 0) is 39.0 Å². The third kappa shape index (κ3) is 4.15. The third-order valence-electron chi connectivity index (χ3n) is 3.67. The van der Waals surface area contributed by atoms with E-state index in [0.717, 1.165) is 10.5 Å². The van der Waals surface area contributed by atoms with Crippen molar-refractivity contribution in [1.82, 2.24) is 19.9 Å². The smallest absolute Gasteiger partial charge is 0.346 e. The number of hydrogen-bond donors (Lipinski definition) is 1. The first kappa shape index (κ1) is 20.6. The first-order valence-electron chi connectivity index (χ1n) is 8.12. The molecule has 0 radical (unpaired) electrons. The minimum atomic E-state index is -4.72. The standard InChI is InChI=1S/C18H15BrClF3N4O/c1-17(2,3)25-16(28)14-13(20)15-24-11(9-4-6-10(19)7-5-9)8-12(18(21,22)23)27(15)26-14/h4-8H,1-3H3,(H,25,28). The molecule has 0 atom stereocenters. The zero-order valence-electron chi connectivity index (χ0n) is 15.0. The summed E-state index contributed by atoms with van der Waals surface area (Å²) in [5.74, 6) is -0.679. The van der Waals surface area contributed by atoms with Gasteiger partial charge in [0.1, 0.15) is 5.02 Å². The van der Waals surface area contributed by atoms with Crippen LogP contribution in [0.25, 0.3) is 16.9 Å². The highest BCUT2D eigenvalue weighted by molar-refractivity contribution is 9.10. The van der Waals surface area contributed by atoms with Gasteiger partial charge in [0.2, 0.25) is 0 Å². The molecule has 0 bridgehead atoms. The Balaban J connectivity index is 2.24. The highest BCUT2D eigenvalue weighted by Gasteiger charge is 2.37. The van der Waals surface area contributed by atoms with Gasteiger partial charge in [-0.1, -0.05) is 39.7 Å². The van der Waals surface area contributed by atoms with Crippen LogP contribution in [0.15, 0.2) is 34.8 Å². The molecular formula is C18H15BrClF3N4O. The summed E-state index contributed by atoms with van der Waals surface area (Å²) in [6, 6.07) is 7.51. The summed E-state index contributed by atoms with van der Waals surface area (Å²) in [5.41, 5.74) is -1.71. The number of hydrogen-bond acceptors (Lipinski definition) is 3. The molecule has 1 amide bonds. The zero-order chi connectivity index (χ0) is 20.9. The summed E-state index contributed by atoms with van der Waals surface area (Å²) in [4.78, 5) is 16.6. The topological polar surface area (TPSA) is 59.3 Å². The molecule has 1 N–H and O–H groups in total. The largest absolute Gasteiger partial charge is 0.433 e. The number of amides is 1. The van der Waals surface area contributed by atoms with Crippen LogP contribution in [0, 0.1) is 0 Å². The van der Waals surface area contributed by atoms with Gasteiger partial charge in [-0.3, -0.25) is 4.79 Å². The first-order chi connectivity index (χ1) is 12.9. The number of fused-ring (bicyclic) bond motifs is 1. The van der Waals surface area contributed by atoms with E-state index in [0.29, 0.717) is 10.1 Å². The van der Waals surface area contributed by atoms with Crippen LogP contribution in [-0.4, -0.2) is 26.0 Å². The second kappa shape index (κ2) is 7.04. The van der Waals surface area contributed by atoms with E-state index in [1.165, 1.54) is 0 Å². The normalized spacial score (nSPS) is 12.4. The maximum atomic E-state index is 13.7. The molecular weight excluding hydrogens is 461 g/mol. The minimum absolute atomic E-state index is 0.0666.